The van der Waals surface area contributed by atoms with E-state index in [1.165, 1.54) is 12.1 Å². The summed E-state index contributed by atoms with van der Waals surface area (Å²) < 4.78 is 50.3. The van der Waals surface area contributed by atoms with Gasteiger partial charge in [0.15, 0.2) is 0 Å². The predicted molar refractivity (Wildman–Crippen MR) is 64.9 cm³/mol. The minimum Gasteiger partial charge on any atom is -0.431 e. The first-order valence-electron chi connectivity index (χ1n) is 6.83. The van der Waals surface area contributed by atoms with Crippen LogP contribution in [-0.4, -0.2) is 17.9 Å². The van der Waals surface area contributed by atoms with Crippen molar-refractivity contribution in [2.45, 2.75) is 50.0 Å². The van der Waals surface area contributed by atoms with E-state index in [4.69, 9.17) is 14.4 Å². The van der Waals surface area contributed by atoms with E-state index in [-0.39, 0.29) is 5.75 Å². The maximum absolute atomic E-state index is 13.4. The molecule has 1 saturated heterocycles. The van der Waals surface area contributed by atoms with E-state index in [2.05, 4.69) is 4.89 Å². The number of hydrogen-bond donors (Lipinski definition) is 0. The lowest BCUT2D eigenvalue weighted by atomic mass is 9.94. The Labute approximate surface area is 119 Å². The van der Waals surface area contributed by atoms with Gasteiger partial charge >= 0.3 is 12.1 Å². The van der Waals surface area contributed by atoms with E-state index in [1.807, 2.05) is 0 Å². The van der Waals surface area contributed by atoms with E-state index in [0.29, 0.717) is 12.8 Å². The van der Waals surface area contributed by atoms with E-state index in [0.717, 1.165) is 19.3 Å². The quantitative estimate of drug-likeness (QED) is 0.776. The third kappa shape index (κ3) is 2.73. The van der Waals surface area contributed by atoms with Gasteiger partial charge in [0.2, 0.25) is 5.79 Å². The molecule has 1 heterocycles. The minimum absolute atomic E-state index is 0.00807. The molecular weight excluding hydrogens is 289 g/mol. The van der Waals surface area contributed by atoms with Crippen molar-refractivity contribution in [2.75, 3.05) is 0 Å². The molecule has 21 heavy (non-hydrogen) atoms. The summed E-state index contributed by atoms with van der Waals surface area (Å²) in [6.07, 6.45) is -1.80. The number of alkyl halides is 3. The van der Waals surface area contributed by atoms with Crippen molar-refractivity contribution in [1.29, 1.82) is 0 Å². The highest BCUT2D eigenvalue weighted by Crippen LogP contribution is 2.49. The van der Waals surface area contributed by atoms with Gasteiger partial charge < -0.3 is 4.74 Å². The summed E-state index contributed by atoms with van der Waals surface area (Å²) in [5.74, 6) is -4.60. The number of halogens is 3. The minimum atomic E-state index is -4.89. The Morgan fingerprint density at radius 3 is 2.24 bits per heavy atom. The van der Waals surface area contributed by atoms with Gasteiger partial charge in [0.1, 0.15) is 5.75 Å². The molecule has 2 fully saturated rings. The molecule has 7 heteroatoms. The second-order valence-corrected chi connectivity index (χ2v) is 5.21. The van der Waals surface area contributed by atoms with Crippen molar-refractivity contribution < 1.29 is 32.4 Å². The summed E-state index contributed by atoms with van der Waals surface area (Å²) in [6.45, 7) is 0. The van der Waals surface area contributed by atoms with Gasteiger partial charge in [-0.05, 0) is 25.0 Å². The molecule has 1 aliphatic carbocycles. The van der Waals surface area contributed by atoms with Crippen LogP contribution in [0.1, 0.15) is 32.1 Å². The number of hydrogen-bond acceptors (Lipinski definition) is 4. The summed E-state index contributed by atoms with van der Waals surface area (Å²) in [5.41, 5.74) is 0. The van der Waals surface area contributed by atoms with Gasteiger partial charge in [0.05, 0.1) is 0 Å². The highest BCUT2D eigenvalue weighted by Gasteiger charge is 2.71. The normalized spacial score (nSPS) is 28.7. The molecule has 1 aliphatic heterocycles. The Morgan fingerprint density at radius 1 is 0.952 bits per heavy atom. The largest absolute Gasteiger partial charge is 0.489 e. The van der Waals surface area contributed by atoms with Crippen molar-refractivity contribution in [1.82, 2.24) is 0 Å². The molecule has 0 amide bonds. The van der Waals surface area contributed by atoms with Crippen LogP contribution < -0.4 is 4.74 Å². The third-order valence-corrected chi connectivity index (χ3v) is 3.58. The topological polar surface area (TPSA) is 36.9 Å². The van der Waals surface area contributed by atoms with Crippen LogP contribution in [-0.2, 0) is 14.5 Å². The second kappa shape index (κ2) is 5.15. The zero-order valence-corrected chi connectivity index (χ0v) is 11.2. The first kappa shape index (κ1) is 14.6. The van der Waals surface area contributed by atoms with E-state index in [1.54, 1.807) is 18.2 Å². The standard InChI is InChI=1S/C14H15F3O4/c15-13(16,17)14(18-11-7-3-1-4-8-11)19-12(20-21-14)9-5-2-6-10-12/h1,3-4,7-8H,2,5-6,9-10H2. The second-order valence-electron chi connectivity index (χ2n) is 5.21. The van der Waals surface area contributed by atoms with Crippen LogP contribution >= 0.6 is 0 Å². The SMILES string of the molecule is FC(F)(F)C1(Oc2ccccc2)OOC2(CCCCC2)O1. The lowest BCUT2D eigenvalue weighted by Gasteiger charge is -2.32. The van der Waals surface area contributed by atoms with Crippen molar-refractivity contribution in [3.8, 4) is 5.75 Å². The first-order valence-corrected chi connectivity index (χ1v) is 6.83. The molecule has 2 aliphatic rings. The molecule has 1 saturated carbocycles. The van der Waals surface area contributed by atoms with Gasteiger partial charge in [-0.2, -0.15) is 18.1 Å². The fraction of sp³-hybridized carbons (Fsp3) is 0.571. The maximum atomic E-state index is 13.4. The molecule has 1 unspecified atom stereocenters. The summed E-state index contributed by atoms with van der Waals surface area (Å²) in [7, 11) is 0. The van der Waals surface area contributed by atoms with Crippen LogP contribution in [0.5, 0.6) is 5.75 Å². The number of para-hydroxylation sites is 1. The lowest BCUT2D eigenvalue weighted by molar-refractivity contribution is -0.474. The maximum Gasteiger partial charge on any atom is 0.489 e. The van der Waals surface area contributed by atoms with Crippen LogP contribution in [0.3, 0.4) is 0 Å². The van der Waals surface area contributed by atoms with Crippen molar-refractivity contribution >= 4 is 0 Å². The van der Waals surface area contributed by atoms with Crippen LogP contribution in [0.15, 0.2) is 30.3 Å². The zero-order valence-electron chi connectivity index (χ0n) is 11.2. The number of ether oxygens (including phenoxy) is 2. The molecule has 0 N–H and O–H groups in total. The summed E-state index contributed by atoms with van der Waals surface area (Å²) in [4.78, 5) is 9.46. The van der Waals surface area contributed by atoms with Gasteiger partial charge in [0.25, 0.3) is 0 Å². The molecule has 0 aromatic heterocycles. The molecule has 4 nitrogen and oxygen atoms in total. The predicted octanol–water partition coefficient (Wildman–Crippen LogP) is 3.92. The van der Waals surface area contributed by atoms with Crippen LogP contribution in [0.25, 0.3) is 0 Å². The van der Waals surface area contributed by atoms with Crippen LogP contribution in [0.4, 0.5) is 13.2 Å². The number of benzene rings is 1. The molecule has 116 valence electrons. The van der Waals surface area contributed by atoms with Gasteiger partial charge in [0, 0.05) is 12.8 Å². The lowest BCUT2D eigenvalue weighted by Crippen LogP contribution is -2.53. The smallest absolute Gasteiger partial charge is 0.431 e. The highest BCUT2D eigenvalue weighted by atomic mass is 19.4. The molecule has 1 spiro atoms. The summed E-state index contributed by atoms with van der Waals surface area (Å²) in [6, 6.07) is 7.58. The Bertz CT molecular complexity index is 485. The number of rotatable bonds is 2. The molecule has 1 aromatic rings. The zero-order chi connectivity index (χ0) is 15.0. The Balaban J connectivity index is 1.86. The van der Waals surface area contributed by atoms with Crippen LogP contribution in [0.2, 0.25) is 0 Å². The van der Waals surface area contributed by atoms with E-state index >= 15 is 0 Å². The highest BCUT2D eigenvalue weighted by molar-refractivity contribution is 5.21. The van der Waals surface area contributed by atoms with E-state index in [9.17, 15) is 13.2 Å². The van der Waals surface area contributed by atoms with Crippen LogP contribution in [0, 0.1) is 0 Å². The molecule has 1 aromatic carbocycles. The first-order chi connectivity index (χ1) is 9.95. The van der Waals surface area contributed by atoms with E-state index < -0.39 is 17.9 Å². The average molecular weight is 304 g/mol. The Hall–Kier alpha value is -1.31. The van der Waals surface area contributed by atoms with Gasteiger partial charge in [-0.1, -0.05) is 24.6 Å². The fourth-order valence-corrected chi connectivity index (χ4v) is 2.53. The Kier molecular flexibility index (Phi) is 3.59. The fourth-order valence-electron chi connectivity index (χ4n) is 2.53. The molecule has 3 rings (SSSR count). The van der Waals surface area contributed by atoms with Gasteiger partial charge in [-0.15, -0.1) is 4.89 Å². The summed E-state index contributed by atoms with van der Waals surface area (Å²) in [5, 5.41) is 0. The molecule has 0 bridgehead atoms. The summed E-state index contributed by atoms with van der Waals surface area (Å²) >= 11 is 0. The average Bonchev–Trinajstić information content (AvgIpc) is 2.80. The van der Waals surface area contributed by atoms with Crippen molar-refractivity contribution in [3.05, 3.63) is 30.3 Å². The Morgan fingerprint density at radius 2 is 1.62 bits per heavy atom. The monoisotopic (exact) mass is 304 g/mol. The van der Waals surface area contributed by atoms with Crippen molar-refractivity contribution in [3.63, 3.8) is 0 Å². The van der Waals surface area contributed by atoms with Gasteiger partial charge in [-0.25, -0.2) is 0 Å². The van der Waals surface area contributed by atoms with Gasteiger partial charge in [-0.3, -0.25) is 4.74 Å². The molecule has 0 radical (unpaired) electrons. The van der Waals surface area contributed by atoms with Crippen molar-refractivity contribution in [2.24, 2.45) is 0 Å². The molecule has 1 atom stereocenters. The third-order valence-electron chi connectivity index (χ3n) is 3.58. The molecular formula is C14H15F3O4.